The molecule has 2 N–H and O–H groups in total. The first-order valence-corrected chi connectivity index (χ1v) is 6.19. The molecular weight excluding hydrogens is 208 g/mol. The van der Waals surface area contributed by atoms with Gasteiger partial charge in [0.15, 0.2) is 0 Å². The predicted octanol–water partition coefficient (Wildman–Crippen LogP) is 2.93. The maximum absolute atomic E-state index is 5.84. The predicted molar refractivity (Wildman–Crippen MR) is 70.8 cm³/mol. The lowest BCUT2D eigenvalue weighted by molar-refractivity contribution is 0.558. The van der Waals surface area contributed by atoms with Gasteiger partial charge in [0.2, 0.25) is 0 Å². The van der Waals surface area contributed by atoms with Crippen molar-refractivity contribution < 1.29 is 0 Å². The minimum atomic E-state index is 0.352. The number of fused-ring (bicyclic) bond motifs is 1. The van der Waals surface area contributed by atoms with Crippen LogP contribution in [0, 0.1) is 11.3 Å². The fourth-order valence-corrected chi connectivity index (χ4v) is 3.13. The lowest BCUT2D eigenvalue weighted by Crippen LogP contribution is -2.05. The summed E-state index contributed by atoms with van der Waals surface area (Å²) < 4.78 is 0. The number of hydrogen-bond donors (Lipinski definition) is 1. The van der Waals surface area contributed by atoms with Gasteiger partial charge in [0.1, 0.15) is 0 Å². The van der Waals surface area contributed by atoms with Crippen LogP contribution in [0.1, 0.15) is 25.3 Å². The van der Waals surface area contributed by atoms with Crippen molar-refractivity contribution in [2.24, 2.45) is 17.1 Å². The summed E-state index contributed by atoms with van der Waals surface area (Å²) >= 11 is 0. The van der Waals surface area contributed by atoms with Gasteiger partial charge in [-0.1, -0.05) is 26.0 Å². The largest absolute Gasteiger partial charge is 0.330 e. The van der Waals surface area contributed by atoms with Crippen LogP contribution in [0.3, 0.4) is 0 Å². The minimum Gasteiger partial charge on any atom is -0.330 e. The molecule has 0 saturated heterocycles. The van der Waals surface area contributed by atoms with Crippen molar-refractivity contribution in [3.63, 3.8) is 0 Å². The van der Waals surface area contributed by atoms with Crippen LogP contribution in [0.5, 0.6) is 0 Å². The molecule has 1 aliphatic carbocycles. The van der Waals surface area contributed by atoms with Crippen molar-refractivity contribution in [1.29, 1.82) is 0 Å². The minimum absolute atomic E-state index is 0.352. The van der Waals surface area contributed by atoms with Gasteiger partial charge in [0.05, 0.1) is 5.52 Å². The van der Waals surface area contributed by atoms with E-state index in [1.54, 1.807) is 0 Å². The lowest BCUT2D eigenvalue weighted by atomic mass is 10.0. The Labute approximate surface area is 102 Å². The molecule has 0 radical (unpaired) electrons. The Morgan fingerprint density at radius 3 is 2.82 bits per heavy atom. The van der Waals surface area contributed by atoms with E-state index in [0.717, 1.165) is 12.1 Å². The molecule has 1 aliphatic rings. The molecule has 88 valence electrons. The quantitative estimate of drug-likeness (QED) is 0.855. The Balaban J connectivity index is 2.03. The molecule has 1 aromatic carbocycles. The van der Waals surface area contributed by atoms with Gasteiger partial charge >= 0.3 is 0 Å². The Hall–Kier alpha value is -1.41. The molecule has 0 spiro atoms. The van der Waals surface area contributed by atoms with E-state index >= 15 is 0 Å². The number of nitrogens with two attached hydrogens (primary N) is 1. The maximum Gasteiger partial charge on any atom is 0.0702 e. The normalized spacial score (nSPS) is 26.1. The fourth-order valence-electron chi connectivity index (χ4n) is 3.13. The molecule has 2 aromatic rings. The summed E-state index contributed by atoms with van der Waals surface area (Å²) in [4.78, 5) is 4.35. The average molecular weight is 226 g/mol. The summed E-state index contributed by atoms with van der Waals surface area (Å²) in [6, 6.07) is 10.7. The van der Waals surface area contributed by atoms with Gasteiger partial charge in [0, 0.05) is 11.6 Å². The Morgan fingerprint density at radius 2 is 2.12 bits per heavy atom. The van der Waals surface area contributed by atoms with Crippen molar-refractivity contribution >= 4 is 10.9 Å². The van der Waals surface area contributed by atoms with Gasteiger partial charge < -0.3 is 5.73 Å². The Morgan fingerprint density at radius 1 is 1.29 bits per heavy atom. The van der Waals surface area contributed by atoms with Crippen LogP contribution in [-0.2, 0) is 0 Å². The molecule has 17 heavy (non-hydrogen) atoms. The van der Waals surface area contributed by atoms with E-state index in [9.17, 15) is 0 Å². The van der Waals surface area contributed by atoms with E-state index < -0.39 is 0 Å². The molecule has 0 aliphatic heterocycles. The van der Waals surface area contributed by atoms with Crippen LogP contribution in [-0.4, -0.2) is 11.5 Å². The summed E-state index contributed by atoms with van der Waals surface area (Å²) in [5.41, 5.74) is 8.67. The molecular formula is C15H18N2. The first kappa shape index (κ1) is 10.7. The molecule has 2 heteroatoms. The average Bonchev–Trinajstić information content (AvgIpc) is 2.90. The van der Waals surface area contributed by atoms with Gasteiger partial charge in [0.25, 0.3) is 0 Å². The van der Waals surface area contributed by atoms with E-state index in [2.05, 4.69) is 43.1 Å². The van der Waals surface area contributed by atoms with Crippen molar-refractivity contribution in [2.75, 3.05) is 6.54 Å². The van der Waals surface area contributed by atoms with Gasteiger partial charge in [-0.3, -0.25) is 4.98 Å². The summed E-state index contributed by atoms with van der Waals surface area (Å²) in [6.45, 7) is 5.40. The van der Waals surface area contributed by atoms with Crippen molar-refractivity contribution in [3.05, 3.63) is 42.1 Å². The van der Waals surface area contributed by atoms with E-state index in [4.69, 9.17) is 5.73 Å². The number of aromatic nitrogens is 1. The zero-order valence-electron chi connectivity index (χ0n) is 10.4. The van der Waals surface area contributed by atoms with Gasteiger partial charge in [-0.25, -0.2) is 0 Å². The molecule has 1 fully saturated rings. The molecule has 1 aromatic heterocycles. The van der Waals surface area contributed by atoms with Crippen molar-refractivity contribution in [1.82, 2.24) is 4.98 Å². The highest BCUT2D eigenvalue weighted by Gasteiger charge is 2.57. The second kappa shape index (κ2) is 3.54. The third-order valence-electron chi connectivity index (χ3n) is 4.29. The first-order chi connectivity index (χ1) is 8.14. The van der Waals surface area contributed by atoms with Crippen LogP contribution in [0.15, 0.2) is 36.5 Å². The highest BCUT2D eigenvalue weighted by atomic mass is 14.7. The SMILES string of the molecule is CC1(C)[C@H](CN)[C@H]1c1ccc2ncccc2c1. The maximum atomic E-state index is 5.84. The van der Waals surface area contributed by atoms with Crippen LogP contribution < -0.4 is 5.73 Å². The van der Waals surface area contributed by atoms with Gasteiger partial charge in [-0.05, 0) is 47.6 Å². The second-order valence-electron chi connectivity index (χ2n) is 5.60. The molecule has 2 nitrogen and oxygen atoms in total. The summed E-state index contributed by atoms with van der Waals surface area (Å²) in [5.74, 6) is 1.23. The number of nitrogens with zero attached hydrogens (tertiary/aromatic N) is 1. The van der Waals surface area contributed by atoms with E-state index in [1.807, 2.05) is 12.3 Å². The summed E-state index contributed by atoms with van der Waals surface area (Å²) in [5, 5.41) is 1.23. The third-order valence-corrected chi connectivity index (χ3v) is 4.29. The van der Waals surface area contributed by atoms with Crippen molar-refractivity contribution in [2.45, 2.75) is 19.8 Å². The molecule has 0 bridgehead atoms. The zero-order valence-corrected chi connectivity index (χ0v) is 10.4. The first-order valence-electron chi connectivity index (χ1n) is 6.19. The van der Waals surface area contributed by atoms with Crippen LogP contribution in [0.4, 0.5) is 0 Å². The summed E-state index contributed by atoms with van der Waals surface area (Å²) in [6.07, 6.45) is 1.84. The third kappa shape index (κ3) is 1.55. The van der Waals surface area contributed by atoms with Crippen LogP contribution in [0.2, 0.25) is 0 Å². The molecule has 1 saturated carbocycles. The standard InChI is InChI=1S/C15H18N2/c1-15(2)12(9-16)14(15)11-5-6-13-10(8-11)4-3-7-17-13/h3-8,12,14H,9,16H2,1-2H3/t12-,14-/m1/s1. The summed E-state index contributed by atoms with van der Waals surface area (Å²) in [7, 11) is 0. The number of pyridine rings is 1. The molecule has 1 heterocycles. The highest BCUT2D eigenvalue weighted by Crippen LogP contribution is 2.63. The molecule has 3 rings (SSSR count). The molecule has 0 amide bonds. The van der Waals surface area contributed by atoms with E-state index in [0.29, 0.717) is 17.3 Å². The Kier molecular flexibility index (Phi) is 2.23. The topological polar surface area (TPSA) is 38.9 Å². The monoisotopic (exact) mass is 226 g/mol. The second-order valence-corrected chi connectivity index (χ2v) is 5.60. The van der Waals surface area contributed by atoms with Crippen LogP contribution in [0.25, 0.3) is 10.9 Å². The van der Waals surface area contributed by atoms with E-state index in [-0.39, 0.29) is 0 Å². The number of benzene rings is 1. The molecule has 2 atom stereocenters. The number of rotatable bonds is 2. The van der Waals surface area contributed by atoms with Gasteiger partial charge in [-0.15, -0.1) is 0 Å². The Bertz CT molecular complexity index is 560. The zero-order chi connectivity index (χ0) is 12.0. The van der Waals surface area contributed by atoms with Gasteiger partial charge in [-0.2, -0.15) is 0 Å². The van der Waals surface area contributed by atoms with Crippen molar-refractivity contribution in [3.8, 4) is 0 Å². The number of hydrogen-bond acceptors (Lipinski definition) is 2. The highest BCUT2D eigenvalue weighted by molar-refractivity contribution is 5.79. The smallest absolute Gasteiger partial charge is 0.0702 e. The molecule has 0 unspecified atom stereocenters. The van der Waals surface area contributed by atoms with E-state index in [1.165, 1.54) is 10.9 Å². The van der Waals surface area contributed by atoms with Crippen LogP contribution >= 0.6 is 0 Å². The lowest BCUT2D eigenvalue weighted by Gasteiger charge is -2.04. The fraction of sp³-hybridized carbons (Fsp3) is 0.400.